The highest BCUT2D eigenvalue weighted by atomic mass is 16.4. The molecule has 2 aromatic carbocycles. The smallest absolute Gasteiger partial charge is 0.326 e. The molecule has 0 spiro atoms. The SMILES string of the molecule is CC(NC(=O)C(N)Cc1ccccc1)C(=O)NC(CCCN=C(N)N)C(=O)NC(Cc1ccccc1)C(=O)O. The van der Waals surface area contributed by atoms with Gasteiger partial charge in [0.25, 0.3) is 0 Å². The average Bonchev–Trinajstić information content (AvgIpc) is 2.90. The minimum atomic E-state index is -1.22. The number of nitrogens with one attached hydrogen (secondary N) is 3. The fourth-order valence-corrected chi connectivity index (χ4v) is 3.74. The molecule has 0 heterocycles. The molecule has 3 amide bonds. The molecule has 0 aliphatic heterocycles. The Bertz CT molecular complexity index is 1120. The van der Waals surface area contributed by atoms with Crippen molar-refractivity contribution in [3.8, 4) is 0 Å². The van der Waals surface area contributed by atoms with E-state index in [-0.39, 0.29) is 31.8 Å². The zero-order valence-electron chi connectivity index (χ0n) is 21.9. The molecule has 2 aromatic rings. The minimum Gasteiger partial charge on any atom is -0.480 e. The van der Waals surface area contributed by atoms with Gasteiger partial charge in [0.05, 0.1) is 6.04 Å². The van der Waals surface area contributed by atoms with Crippen LogP contribution in [0.3, 0.4) is 0 Å². The van der Waals surface area contributed by atoms with Crippen molar-refractivity contribution >= 4 is 29.7 Å². The zero-order chi connectivity index (χ0) is 28.8. The lowest BCUT2D eigenvalue weighted by atomic mass is 10.0. The number of carbonyl (C=O) groups is 4. The molecule has 2 rings (SSSR count). The first-order valence-corrected chi connectivity index (χ1v) is 12.6. The number of nitrogens with zero attached hydrogens (tertiary/aromatic N) is 1. The van der Waals surface area contributed by atoms with Crippen molar-refractivity contribution in [2.75, 3.05) is 6.54 Å². The fourth-order valence-electron chi connectivity index (χ4n) is 3.74. The lowest BCUT2D eigenvalue weighted by molar-refractivity contribution is -0.142. The van der Waals surface area contributed by atoms with Gasteiger partial charge in [-0.1, -0.05) is 60.7 Å². The maximum absolute atomic E-state index is 13.1. The number of aliphatic imine (C=N–C) groups is 1. The summed E-state index contributed by atoms with van der Waals surface area (Å²) in [5.74, 6) is -3.17. The van der Waals surface area contributed by atoms with E-state index in [0.717, 1.165) is 11.1 Å². The van der Waals surface area contributed by atoms with Crippen LogP contribution in [0.15, 0.2) is 65.7 Å². The highest BCUT2D eigenvalue weighted by Crippen LogP contribution is 2.07. The third-order valence-electron chi connectivity index (χ3n) is 5.86. The predicted molar refractivity (Wildman–Crippen MR) is 147 cm³/mol. The normalized spacial score (nSPS) is 13.7. The number of carboxylic acids is 1. The van der Waals surface area contributed by atoms with Crippen LogP contribution in [-0.4, -0.2) is 65.5 Å². The van der Waals surface area contributed by atoms with Gasteiger partial charge in [0.1, 0.15) is 18.1 Å². The van der Waals surface area contributed by atoms with Gasteiger partial charge in [-0.3, -0.25) is 19.4 Å². The van der Waals surface area contributed by atoms with Crippen molar-refractivity contribution in [1.29, 1.82) is 0 Å². The molecule has 12 heteroatoms. The summed E-state index contributed by atoms with van der Waals surface area (Å²) in [6.45, 7) is 1.67. The van der Waals surface area contributed by atoms with Crippen molar-refractivity contribution in [1.82, 2.24) is 16.0 Å². The summed E-state index contributed by atoms with van der Waals surface area (Å²) < 4.78 is 0. The Morgan fingerprint density at radius 3 is 1.87 bits per heavy atom. The van der Waals surface area contributed by atoms with E-state index in [9.17, 15) is 24.3 Å². The molecule has 0 aliphatic rings. The molecule has 39 heavy (non-hydrogen) atoms. The third-order valence-corrected chi connectivity index (χ3v) is 5.86. The van der Waals surface area contributed by atoms with Crippen LogP contribution in [0.4, 0.5) is 0 Å². The van der Waals surface area contributed by atoms with E-state index in [1.54, 1.807) is 30.3 Å². The Hall–Kier alpha value is -4.45. The predicted octanol–water partition coefficient (Wildman–Crippen LogP) is -0.588. The van der Waals surface area contributed by atoms with E-state index in [4.69, 9.17) is 17.2 Å². The molecule has 4 unspecified atom stereocenters. The molecule has 0 aromatic heterocycles. The van der Waals surface area contributed by atoms with Crippen LogP contribution in [0.2, 0.25) is 0 Å². The molecule has 10 N–H and O–H groups in total. The van der Waals surface area contributed by atoms with Gasteiger partial charge in [0.15, 0.2) is 5.96 Å². The summed E-state index contributed by atoms with van der Waals surface area (Å²) in [6.07, 6.45) is 0.798. The zero-order valence-corrected chi connectivity index (χ0v) is 21.9. The van der Waals surface area contributed by atoms with E-state index < -0.39 is 47.9 Å². The number of aliphatic carboxylic acids is 1. The summed E-state index contributed by atoms with van der Waals surface area (Å²) in [5.41, 5.74) is 18.3. The van der Waals surface area contributed by atoms with Gasteiger partial charge in [0, 0.05) is 13.0 Å². The molecule has 0 bridgehead atoms. The molecular weight excluding hydrogens is 502 g/mol. The summed E-state index contributed by atoms with van der Waals surface area (Å²) in [4.78, 5) is 54.2. The fraction of sp³-hybridized carbons (Fsp3) is 0.370. The summed E-state index contributed by atoms with van der Waals surface area (Å²) in [7, 11) is 0. The Morgan fingerprint density at radius 2 is 1.33 bits per heavy atom. The molecule has 12 nitrogen and oxygen atoms in total. The largest absolute Gasteiger partial charge is 0.480 e. The summed E-state index contributed by atoms with van der Waals surface area (Å²) in [5, 5.41) is 17.3. The van der Waals surface area contributed by atoms with Crippen LogP contribution in [-0.2, 0) is 32.0 Å². The summed E-state index contributed by atoms with van der Waals surface area (Å²) in [6, 6.07) is 13.9. The molecule has 0 saturated carbocycles. The highest BCUT2D eigenvalue weighted by molar-refractivity contribution is 5.94. The second-order valence-electron chi connectivity index (χ2n) is 9.13. The molecular formula is C27H37N7O5. The van der Waals surface area contributed by atoms with E-state index in [1.807, 2.05) is 30.3 Å². The number of amides is 3. The molecule has 210 valence electrons. The Balaban J connectivity index is 2.04. The number of rotatable bonds is 15. The van der Waals surface area contributed by atoms with Crippen molar-refractivity contribution in [2.24, 2.45) is 22.2 Å². The number of carboxylic acid groups (broad SMARTS) is 1. The quantitative estimate of drug-likeness (QED) is 0.0880. The maximum Gasteiger partial charge on any atom is 0.326 e. The van der Waals surface area contributed by atoms with Crippen LogP contribution in [0.1, 0.15) is 30.9 Å². The Labute approximate surface area is 227 Å². The monoisotopic (exact) mass is 539 g/mol. The van der Waals surface area contributed by atoms with Gasteiger partial charge < -0.3 is 38.3 Å². The van der Waals surface area contributed by atoms with E-state index in [1.165, 1.54) is 6.92 Å². The average molecular weight is 540 g/mol. The molecule has 4 atom stereocenters. The number of benzene rings is 2. The van der Waals surface area contributed by atoms with Crippen LogP contribution in [0, 0.1) is 0 Å². The third kappa shape index (κ3) is 11.2. The van der Waals surface area contributed by atoms with Crippen LogP contribution in [0.5, 0.6) is 0 Å². The lowest BCUT2D eigenvalue weighted by Crippen LogP contribution is -2.56. The van der Waals surface area contributed by atoms with Gasteiger partial charge >= 0.3 is 5.97 Å². The minimum absolute atomic E-state index is 0.0579. The topological polar surface area (TPSA) is 215 Å². The van der Waals surface area contributed by atoms with Crippen molar-refractivity contribution in [3.05, 3.63) is 71.8 Å². The molecule has 0 aliphatic carbocycles. The number of hydrogen-bond acceptors (Lipinski definition) is 6. The molecule has 0 saturated heterocycles. The van der Waals surface area contributed by atoms with Gasteiger partial charge in [0.2, 0.25) is 17.7 Å². The van der Waals surface area contributed by atoms with Crippen LogP contribution < -0.4 is 33.2 Å². The number of carbonyl (C=O) groups excluding carboxylic acids is 3. The standard InChI is InChI=1S/C27H37N7O5/c1-17(32-24(36)20(28)15-18-9-4-2-5-10-18)23(35)33-21(13-8-14-31-27(29)30)25(37)34-22(26(38)39)16-19-11-6-3-7-12-19/h2-7,9-12,17,20-22H,8,13-16,28H2,1H3,(H,32,36)(H,33,35)(H,34,37)(H,38,39)(H4,29,30,31). The number of hydrogen-bond donors (Lipinski definition) is 7. The number of nitrogens with two attached hydrogens (primary N) is 3. The molecule has 0 fully saturated rings. The second kappa shape index (κ2) is 15.7. The first-order valence-electron chi connectivity index (χ1n) is 12.6. The van der Waals surface area contributed by atoms with Crippen molar-refractivity contribution < 1.29 is 24.3 Å². The second-order valence-corrected chi connectivity index (χ2v) is 9.13. The lowest BCUT2D eigenvalue weighted by Gasteiger charge is -2.24. The number of guanidine groups is 1. The molecule has 0 radical (unpaired) electrons. The van der Waals surface area contributed by atoms with Crippen LogP contribution in [0.25, 0.3) is 0 Å². The van der Waals surface area contributed by atoms with Gasteiger partial charge in [-0.15, -0.1) is 0 Å². The Morgan fingerprint density at radius 1 is 0.795 bits per heavy atom. The first kappa shape index (κ1) is 30.8. The van der Waals surface area contributed by atoms with Crippen molar-refractivity contribution in [3.63, 3.8) is 0 Å². The van der Waals surface area contributed by atoms with E-state index in [2.05, 4.69) is 20.9 Å². The maximum atomic E-state index is 13.1. The Kier molecular flexibility index (Phi) is 12.4. The van der Waals surface area contributed by atoms with Crippen LogP contribution >= 0.6 is 0 Å². The van der Waals surface area contributed by atoms with Gasteiger partial charge in [-0.25, -0.2) is 4.79 Å². The van der Waals surface area contributed by atoms with Gasteiger partial charge in [-0.05, 0) is 37.3 Å². The first-order chi connectivity index (χ1) is 18.6. The van der Waals surface area contributed by atoms with E-state index in [0.29, 0.717) is 6.42 Å². The van der Waals surface area contributed by atoms with E-state index >= 15 is 0 Å². The highest BCUT2D eigenvalue weighted by Gasteiger charge is 2.28. The summed E-state index contributed by atoms with van der Waals surface area (Å²) >= 11 is 0. The van der Waals surface area contributed by atoms with Crippen molar-refractivity contribution in [2.45, 2.75) is 56.8 Å². The van der Waals surface area contributed by atoms with Gasteiger partial charge in [-0.2, -0.15) is 0 Å².